The molecule has 1 fully saturated rings. The second-order valence-corrected chi connectivity index (χ2v) is 9.43. The molecular formula is C28H30N6O2. The van der Waals surface area contributed by atoms with Crippen molar-refractivity contribution in [2.45, 2.75) is 27.7 Å². The summed E-state index contributed by atoms with van der Waals surface area (Å²) in [5, 5.41) is 11.9. The van der Waals surface area contributed by atoms with E-state index in [1.165, 1.54) is 10.0 Å². The largest absolute Gasteiger partial charge is 0.373 e. The van der Waals surface area contributed by atoms with Crippen LogP contribution in [0.4, 0.5) is 11.4 Å². The third kappa shape index (κ3) is 4.54. The highest BCUT2D eigenvalue weighted by molar-refractivity contribution is 6.30. The molecule has 3 aliphatic heterocycles. The van der Waals surface area contributed by atoms with Crippen LogP contribution in [0.25, 0.3) is 0 Å². The first kappa shape index (κ1) is 23.5. The van der Waals surface area contributed by atoms with E-state index < -0.39 is 0 Å². The van der Waals surface area contributed by atoms with Crippen molar-refractivity contribution in [2.75, 3.05) is 36.2 Å². The second kappa shape index (κ2) is 9.45. The van der Waals surface area contributed by atoms with E-state index in [9.17, 15) is 9.59 Å². The zero-order chi connectivity index (χ0) is 25.4. The summed E-state index contributed by atoms with van der Waals surface area (Å²) in [6, 6.07) is 15.6. The maximum Gasteiger partial charge on any atom is 0.282 e. The highest BCUT2D eigenvalue weighted by Gasteiger charge is 2.31. The Morgan fingerprint density at radius 2 is 0.917 bits per heavy atom. The highest BCUT2D eigenvalue weighted by atomic mass is 16.2. The number of hydrogen-bond acceptors (Lipinski definition) is 6. The van der Waals surface area contributed by atoms with Gasteiger partial charge < -0.3 is 9.80 Å². The Balaban J connectivity index is 1.23. The van der Waals surface area contributed by atoms with Gasteiger partial charge in [0.25, 0.3) is 11.8 Å². The van der Waals surface area contributed by atoms with Crippen molar-refractivity contribution in [3.8, 4) is 0 Å². The summed E-state index contributed by atoms with van der Waals surface area (Å²) in [6.07, 6.45) is 3.85. The molecule has 2 aromatic carbocycles. The fourth-order valence-electron chi connectivity index (χ4n) is 4.42. The van der Waals surface area contributed by atoms with Crippen molar-refractivity contribution in [2.24, 2.45) is 10.2 Å². The van der Waals surface area contributed by atoms with Gasteiger partial charge in [0.1, 0.15) is 0 Å². The molecule has 184 valence electrons. The zero-order valence-corrected chi connectivity index (χ0v) is 21.1. The molecule has 3 heterocycles. The average Bonchev–Trinajstić information content (AvgIpc) is 3.31. The lowest BCUT2D eigenvalue weighted by atomic mass is 10.1. The first-order valence-corrected chi connectivity index (χ1v) is 12.2. The Kier molecular flexibility index (Phi) is 6.18. The molecule has 5 rings (SSSR count). The third-order valence-corrected chi connectivity index (χ3v) is 6.65. The average molecular weight is 483 g/mol. The lowest BCUT2D eigenvalue weighted by molar-refractivity contribution is -0.115. The van der Waals surface area contributed by atoms with E-state index in [0.29, 0.717) is 22.6 Å². The minimum atomic E-state index is -0.111. The highest BCUT2D eigenvalue weighted by Crippen LogP contribution is 2.26. The fraction of sp³-hybridized carbons (Fsp3) is 0.286. The molecular weight excluding hydrogens is 452 g/mol. The number of carbonyl (C=O) groups excluding carboxylic acids is 2. The molecule has 0 atom stereocenters. The summed E-state index contributed by atoms with van der Waals surface area (Å²) in [6.45, 7) is 10.7. The van der Waals surface area contributed by atoms with Crippen LogP contribution in [0.15, 0.2) is 82.3 Å². The molecule has 0 aromatic heterocycles. The number of benzene rings is 2. The maximum atomic E-state index is 13.0. The third-order valence-electron chi connectivity index (χ3n) is 6.65. The maximum absolute atomic E-state index is 13.0. The van der Waals surface area contributed by atoms with Crippen LogP contribution >= 0.6 is 0 Å². The standard InChI is InChI=1S/C28H30N6O2/c1-19-5-9-23(10-6-19)33-27(35)25(21(3)29-33)17-31-13-15-32(16-14-31)18-26-22(4)30-34(28(26)36)24-11-7-20(2)8-12-24/h5-12,17-18H,13-16H2,1-4H3/b25-17-,26-18+. The summed E-state index contributed by atoms with van der Waals surface area (Å²) >= 11 is 0. The molecule has 0 spiro atoms. The topological polar surface area (TPSA) is 71.8 Å². The van der Waals surface area contributed by atoms with Gasteiger partial charge in [-0.15, -0.1) is 0 Å². The molecule has 8 nitrogen and oxygen atoms in total. The SMILES string of the molecule is CC1=NN(c2ccc(C)cc2)C(=O)/C1=C\N1CCN(/C=C2/C(=O)N(c3ccc(C)cc3)N=C2C)CC1. The van der Waals surface area contributed by atoms with Crippen LogP contribution in [0.3, 0.4) is 0 Å². The monoisotopic (exact) mass is 482 g/mol. The van der Waals surface area contributed by atoms with E-state index in [4.69, 9.17) is 0 Å². The minimum Gasteiger partial charge on any atom is -0.373 e. The molecule has 2 amide bonds. The van der Waals surface area contributed by atoms with Gasteiger partial charge in [-0.05, 0) is 52.0 Å². The van der Waals surface area contributed by atoms with E-state index >= 15 is 0 Å². The summed E-state index contributed by atoms with van der Waals surface area (Å²) < 4.78 is 0. The number of rotatable bonds is 4. The normalized spacial score (nSPS) is 20.7. The number of aryl methyl sites for hydroxylation is 2. The van der Waals surface area contributed by atoms with Gasteiger partial charge in [-0.3, -0.25) is 9.59 Å². The lowest BCUT2D eigenvalue weighted by Crippen LogP contribution is -2.42. The summed E-state index contributed by atoms with van der Waals surface area (Å²) in [4.78, 5) is 30.4. The van der Waals surface area contributed by atoms with Crippen LogP contribution in [-0.2, 0) is 9.59 Å². The summed E-state index contributed by atoms with van der Waals surface area (Å²) in [7, 11) is 0. The second-order valence-electron chi connectivity index (χ2n) is 9.43. The van der Waals surface area contributed by atoms with E-state index in [1.54, 1.807) is 0 Å². The molecule has 0 N–H and O–H groups in total. The van der Waals surface area contributed by atoms with Crippen LogP contribution in [-0.4, -0.2) is 59.2 Å². The fourth-order valence-corrected chi connectivity index (χ4v) is 4.42. The minimum absolute atomic E-state index is 0.111. The van der Waals surface area contributed by atoms with Gasteiger partial charge in [0.05, 0.1) is 33.9 Å². The number of nitrogens with zero attached hydrogens (tertiary/aromatic N) is 6. The van der Waals surface area contributed by atoms with Crippen molar-refractivity contribution < 1.29 is 9.59 Å². The zero-order valence-electron chi connectivity index (χ0n) is 21.1. The van der Waals surface area contributed by atoms with Crippen molar-refractivity contribution in [1.29, 1.82) is 0 Å². The molecule has 0 radical (unpaired) electrons. The number of anilines is 2. The van der Waals surface area contributed by atoms with Crippen molar-refractivity contribution in [1.82, 2.24) is 9.80 Å². The van der Waals surface area contributed by atoms with Gasteiger partial charge in [0.2, 0.25) is 0 Å². The van der Waals surface area contributed by atoms with Crippen LogP contribution in [0.2, 0.25) is 0 Å². The van der Waals surface area contributed by atoms with Gasteiger partial charge in [0.15, 0.2) is 0 Å². The number of carbonyl (C=O) groups is 2. The van der Waals surface area contributed by atoms with E-state index in [0.717, 1.165) is 48.7 Å². The van der Waals surface area contributed by atoms with Crippen molar-refractivity contribution in [3.63, 3.8) is 0 Å². The van der Waals surface area contributed by atoms with Crippen LogP contribution in [0, 0.1) is 13.8 Å². The number of amides is 2. The van der Waals surface area contributed by atoms with Crippen molar-refractivity contribution in [3.05, 3.63) is 83.2 Å². The number of hydrazone groups is 2. The smallest absolute Gasteiger partial charge is 0.282 e. The van der Waals surface area contributed by atoms with Gasteiger partial charge in [-0.25, -0.2) is 0 Å². The van der Waals surface area contributed by atoms with E-state index in [-0.39, 0.29) is 11.8 Å². The van der Waals surface area contributed by atoms with Gasteiger partial charge in [-0.1, -0.05) is 35.4 Å². The van der Waals surface area contributed by atoms with Gasteiger partial charge in [0, 0.05) is 38.6 Å². The molecule has 0 bridgehead atoms. The molecule has 0 unspecified atom stereocenters. The Hall–Kier alpha value is -4.20. The molecule has 0 aliphatic carbocycles. The van der Waals surface area contributed by atoms with E-state index in [2.05, 4.69) is 20.0 Å². The van der Waals surface area contributed by atoms with Gasteiger partial charge >= 0.3 is 0 Å². The Morgan fingerprint density at radius 1 is 0.583 bits per heavy atom. The quantitative estimate of drug-likeness (QED) is 0.621. The van der Waals surface area contributed by atoms with Crippen LogP contribution < -0.4 is 10.0 Å². The number of piperazine rings is 1. The van der Waals surface area contributed by atoms with Gasteiger partial charge in [-0.2, -0.15) is 20.2 Å². The lowest BCUT2D eigenvalue weighted by Gasteiger charge is -2.34. The van der Waals surface area contributed by atoms with Crippen LogP contribution in [0.5, 0.6) is 0 Å². The molecule has 1 saturated heterocycles. The predicted octanol–water partition coefficient (Wildman–Crippen LogP) is 3.83. The van der Waals surface area contributed by atoms with Crippen molar-refractivity contribution >= 4 is 34.6 Å². The molecule has 0 saturated carbocycles. The molecule has 8 heteroatoms. The predicted molar refractivity (Wildman–Crippen MR) is 143 cm³/mol. The molecule has 3 aliphatic rings. The molecule has 36 heavy (non-hydrogen) atoms. The Bertz CT molecular complexity index is 1210. The van der Waals surface area contributed by atoms with E-state index in [1.807, 2.05) is 88.6 Å². The Labute approximate surface area is 211 Å². The number of hydrogen-bond donors (Lipinski definition) is 0. The summed E-state index contributed by atoms with van der Waals surface area (Å²) in [5.41, 5.74) is 6.46. The molecule has 2 aromatic rings. The first-order chi connectivity index (χ1) is 17.3. The Morgan fingerprint density at radius 3 is 1.25 bits per heavy atom. The first-order valence-electron chi connectivity index (χ1n) is 12.2. The van der Waals surface area contributed by atoms with Crippen LogP contribution in [0.1, 0.15) is 25.0 Å². The summed E-state index contributed by atoms with van der Waals surface area (Å²) in [5.74, 6) is -0.221.